The normalized spacial score (nSPS) is 10.6. The van der Waals surface area contributed by atoms with Crippen LogP contribution in [0.25, 0.3) is 5.69 Å². The fraction of sp³-hybridized carbons (Fsp3) is 0.227. The fourth-order valence-electron chi connectivity index (χ4n) is 3.04. The first-order valence-electron chi connectivity index (χ1n) is 9.38. The average Bonchev–Trinajstić information content (AvgIpc) is 3.00. The van der Waals surface area contributed by atoms with Crippen molar-refractivity contribution in [3.8, 4) is 5.69 Å². The monoisotopic (exact) mass is 410 g/mol. The highest BCUT2D eigenvalue weighted by molar-refractivity contribution is 6.31. The van der Waals surface area contributed by atoms with Crippen molar-refractivity contribution >= 4 is 29.1 Å². The van der Waals surface area contributed by atoms with Gasteiger partial charge in [0, 0.05) is 11.3 Å². The third-order valence-corrected chi connectivity index (χ3v) is 5.21. The van der Waals surface area contributed by atoms with Gasteiger partial charge < -0.3 is 10.6 Å². The summed E-state index contributed by atoms with van der Waals surface area (Å²) in [7, 11) is 0. The van der Waals surface area contributed by atoms with E-state index in [1.54, 1.807) is 28.9 Å². The van der Waals surface area contributed by atoms with Crippen molar-refractivity contribution in [1.82, 2.24) is 15.1 Å². The van der Waals surface area contributed by atoms with E-state index >= 15 is 0 Å². The molecule has 0 unspecified atom stereocenters. The maximum Gasteiger partial charge on any atom is 0.251 e. The van der Waals surface area contributed by atoms with Crippen LogP contribution in [0, 0.1) is 13.8 Å². The standard InChI is InChI=1S/C22H23ClN4O2/c1-4-16-7-5-6-8-19(16)25-20(28)13-24-22(29)17-9-11-18(12-10-17)27-15(3)21(23)14(2)26-27/h5-12H,4,13H2,1-3H3,(H,24,29)(H,25,28). The van der Waals surface area contributed by atoms with Crippen molar-refractivity contribution in [1.29, 1.82) is 0 Å². The Morgan fingerprint density at radius 2 is 1.76 bits per heavy atom. The van der Waals surface area contributed by atoms with E-state index in [0.717, 1.165) is 34.7 Å². The summed E-state index contributed by atoms with van der Waals surface area (Å²) in [4.78, 5) is 24.5. The number of nitrogens with one attached hydrogen (secondary N) is 2. The van der Waals surface area contributed by atoms with Crippen LogP contribution in [0.1, 0.15) is 34.2 Å². The quantitative estimate of drug-likeness (QED) is 0.643. The Bertz CT molecular complexity index is 1040. The smallest absolute Gasteiger partial charge is 0.251 e. The molecule has 2 aromatic carbocycles. The molecule has 2 amide bonds. The topological polar surface area (TPSA) is 76.0 Å². The molecule has 1 aromatic heterocycles. The van der Waals surface area contributed by atoms with E-state index in [1.807, 2.05) is 45.0 Å². The lowest BCUT2D eigenvalue weighted by atomic mass is 10.1. The molecule has 7 heteroatoms. The minimum Gasteiger partial charge on any atom is -0.343 e. The summed E-state index contributed by atoms with van der Waals surface area (Å²) in [5.41, 5.74) is 4.67. The summed E-state index contributed by atoms with van der Waals surface area (Å²) in [6, 6.07) is 14.6. The van der Waals surface area contributed by atoms with Crippen molar-refractivity contribution in [2.45, 2.75) is 27.2 Å². The number of carbonyl (C=O) groups is 2. The Labute approximate surface area is 174 Å². The summed E-state index contributed by atoms with van der Waals surface area (Å²) >= 11 is 6.19. The number of aryl methyl sites for hydroxylation is 2. The lowest BCUT2D eigenvalue weighted by Gasteiger charge is -2.10. The molecule has 3 rings (SSSR count). The van der Waals surface area contributed by atoms with Crippen LogP contribution in [-0.2, 0) is 11.2 Å². The second kappa shape index (κ2) is 8.92. The van der Waals surface area contributed by atoms with Gasteiger partial charge in [0.1, 0.15) is 0 Å². The minimum atomic E-state index is -0.318. The van der Waals surface area contributed by atoms with Crippen LogP contribution in [0.4, 0.5) is 5.69 Å². The van der Waals surface area contributed by atoms with Crippen LogP contribution in [0.5, 0.6) is 0 Å². The number of rotatable bonds is 6. The number of hydrogen-bond acceptors (Lipinski definition) is 3. The van der Waals surface area contributed by atoms with E-state index in [9.17, 15) is 9.59 Å². The molecule has 1 heterocycles. The Morgan fingerprint density at radius 1 is 1.07 bits per heavy atom. The molecule has 0 saturated heterocycles. The summed E-state index contributed by atoms with van der Waals surface area (Å²) in [6.45, 7) is 5.65. The molecule has 3 aromatic rings. The van der Waals surface area contributed by atoms with E-state index in [4.69, 9.17) is 11.6 Å². The molecule has 0 aliphatic rings. The lowest BCUT2D eigenvalue weighted by molar-refractivity contribution is -0.115. The Hall–Kier alpha value is -3.12. The minimum absolute atomic E-state index is 0.105. The van der Waals surface area contributed by atoms with Crippen molar-refractivity contribution in [3.63, 3.8) is 0 Å². The number of nitrogens with zero attached hydrogens (tertiary/aromatic N) is 2. The number of hydrogen-bond donors (Lipinski definition) is 2. The number of anilines is 1. The third kappa shape index (κ3) is 4.66. The molecule has 29 heavy (non-hydrogen) atoms. The molecule has 0 bridgehead atoms. The molecule has 0 aliphatic carbocycles. The van der Waals surface area contributed by atoms with Crippen LogP contribution in [-0.4, -0.2) is 28.1 Å². The second-order valence-electron chi connectivity index (χ2n) is 6.69. The van der Waals surface area contributed by atoms with E-state index in [1.165, 1.54) is 0 Å². The number of benzene rings is 2. The lowest BCUT2D eigenvalue weighted by Crippen LogP contribution is -2.33. The van der Waals surface area contributed by atoms with Gasteiger partial charge in [-0.15, -0.1) is 0 Å². The maximum absolute atomic E-state index is 12.4. The van der Waals surface area contributed by atoms with Gasteiger partial charge in [0.25, 0.3) is 5.91 Å². The first-order chi connectivity index (χ1) is 13.9. The predicted octanol–water partition coefficient (Wildman–Crippen LogP) is 4.07. The first-order valence-corrected chi connectivity index (χ1v) is 9.76. The van der Waals surface area contributed by atoms with Gasteiger partial charge in [0.15, 0.2) is 0 Å². The zero-order chi connectivity index (χ0) is 21.0. The highest BCUT2D eigenvalue weighted by atomic mass is 35.5. The van der Waals surface area contributed by atoms with E-state index in [0.29, 0.717) is 10.6 Å². The molecule has 0 radical (unpaired) electrons. The Kier molecular flexibility index (Phi) is 6.34. The van der Waals surface area contributed by atoms with Crippen LogP contribution in [0.3, 0.4) is 0 Å². The van der Waals surface area contributed by atoms with Gasteiger partial charge in [-0.2, -0.15) is 5.10 Å². The van der Waals surface area contributed by atoms with Gasteiger partial charge in [-0.05, 0) is 56.2 Å². The molecular weight excluding hydrogens is 388 g/mol. The van der Waals surface area contributed by atoms with Crippen LogP contribution < -0.4 is 10.6 Å². The maximum atomic E-state index is 12.4. The fourth-order valence-corrected chi connectivity index (χ4v) is 3.15. The Morgan fingerprint density at radius 3 is 2.38 bits per heavy atom. The molecule has 6 nitrogen and oxygen atoms in total. The number of carbonyl (C=O) groups excluding carboxylic acids is 2. The van der Waals surface area contributed by atoms with Crippen LogP contribution >= 0.6 is 11.6 Å². The van der Waals surface area contributed by atoms with Crippen molar-refractivity contribution < 1.29 is 9.59 Å². The molecule has 0 saturated carbocycles. The van der Waals surface area contributed by atoms with Crippen molar-refractivity contribution in [3.05, 3.63) is 76.1 Å². The molecule has 0 atom stereocenters. The van der Waals surface area contributed by atoms with Gasteiger partial charge in [-0.25, -0.2) is 4.68 Å². The average molecular weight is 411 g/mol. The summed E-state index contributed by atoms with van der Waals surface area (Å²) in [5.74, 6) is -0.588. The highest BCUT2D eigenvalue weighted by Gasteiger charge is 2.13. The van der Waals surface area contributed by atoms with Crippen LogP contribution in [0.2, 0.25) is 5.02 Å². The van der Waals surface area contributed by atoms with E-state index in [2.05, 4.69) is 15.7 Å². The molecule has 0 fully saturated rings. The van der Waals surface area contributed by atoms with Gasteiger partial charge in [0.05, 0.1) is 28.6 Å². The molecule has 0 spiro atoms. The molecular formula is C22H23ClN4O2. The predicted molar refractivity (Wildman–Crippen MR) is 115 cm³/mol. The molecule has 0 aliphatic heterocycles. The summed E-state index contributed by atoms with van der Waals surface area (Å²) in [6.07, 6.45) is 0.815. The SMILES string of the molecule is CCc1ccccc1NC(=O)CNC(=O)c1ccc(-n2nc(C)c(Cl)c2C)cc1. The van der Waals surface area contributed by atoms with E-state index < -0.39 is 0 Å². The highest BCUT2D eigenvalue weighted by Crippen LogP contribution is 2.22. The number of para-hydroxylation sites is 1. The largest absolute Gasteiger partial charge is 0.343 e. The van der Waals surface area contributed by atoms with Crippen molar-refractivity contribution in [2.24, 2.45) is 0 Å². The number of aromatic nitrogens is 2. The summed E-state index contributed by atoms with van der Waals surface area (Å²) < 4.78 is 1.73. The third-order valence-electron chi connectivity index (χ3n) is 4.66. The zero-order valence-corrected chi connectivity index (χ0v) is 17.4. The molecule has 2 N–H and O–H groups in total. The number of amides is 2. The number of halogens is 1. The Balaban J connectivity index is 1.61. The molecule has 150 valence electrons. The second-order valence-corrected chi connectivity index (χ2v) is 7.06. The van der Waals surface area contributed by atoms with Crippen molar-refractivity contribution in [2.75, 3.05) is 11.9 Å². The van der Waals surface area contributed by atoms with Gasteiger partial charge in [-0.1, -0.05) is 36.7 Å². The van der Waals surface area contributed by atoms with E-state index in [-0.39, 0.29) is 18.4 Å². The van der Waals surface area contributed by atoms with Gasteiger partial charge in [0.2, 0.25) is 5.91 Å². The first kappa shape index (κ1) is 20.6. The van der Waals surface area contributed by atoms with Gasteiger partial charge >= 0.3 is 0 Å². The summed E-state index contributed by atoms with van der Waals surface area (Å²) in [5, 5.41) is 10.5. The zero-order valence-electron chi connectivity index (χ0n) is 16.6. The van der Waals surface area contributed by atoms with Crippen LogP contribution in [0.15, 0.2) is 48.5 Å². The van der Waals surface area contributed by atoms with Gasteiger partial charge in [-0.3, -0.25) is 9.59 Å².